The number of amides is 1. The Bertz CT molecular complexity index is 2760. The smallest absolute Gasteiger partial charge is 0.481 e. The first kappa shape index (κ1) is 115. The summed E-state index contributed by atoms with van der Waals surface area (Å²) in [7, 11) is 2.11. The number of carbonyl (C=O) groups is 11. The van der Waals surface area contributed by atoms with Crippen LogP contribution in [0.1, 0.15) is 175 Å². The molecule has 1 amide bonds. The van der Waals surface area contributed by atoms with Gasteiger partial charge in [-0.1, -0.05) is 116 Å². The number of aliphatic hydroxyl groups is 5. The van der Waals surface area contributed by atoms with E-state index < -0.39 is 125 Å². The van der Waals surface area contributed by atoms with E-state index >= 15 is 0 Å². The number of likely N-dealkylation sites (N-methyl/N-ethyl adjacent to an activating group) is 1. The van der Waals surface area contributed by atoms with Gasteiger partial charge in [0.1, 0.15) is 22.4 Å². The SMILES string of the molecule is CC(C)(C)OC(=O)C[C@H](CO)C(=O)NCc1ccccc1.CC(C)(C)OC(=O)C[C@H](CO)C(=O)O.CC(C)CO.CC(C)COC(=O)Cl.CC(C)COC(=O)OC(=O)[C@@H](CO)CC(=O)OC(C)(C)C.CC(C)COC(=O)OC(=O)[C@@H](CO)CC(=O)OC(C)(C)C.CN1CCOCC1.Cl.NCc1ccccc1.O=C=O. The summed E-state index contributed by atoms with van der Waals surface area (Å²) in [5.41, 5.74) is 4.15. The van der Waals surface area contributed by atoms with Crippen LogP contribution in [0.25, 0.3) is 0 Å². The van der Waals surface area contributed by atoms with Gasteiger partial charge in [0.05, 0.1) is 109 Å². The Balaban J connectivity index is -0.000000225. The zero-order chi connectivity index (χ0) is 85.0. The molecule has 4 atom stereocenters. The summed E-state index contributed by atoms with van der Waals surface area (Å²) in [4.78, 5) is 143. The van der Waals surface area contributed by atoms with Crippen LogP contribution in [0.5, 0.6) is 0 Å². The Kier molecular flexibility index (Phi) is 69.4. The van der Waals surface area contributed by atoms with Gasteiger partial charge in [0.25, 0.3) is 0 Å². The molecule has 34 heteroatoms. The molecule has 1 heterocycles. The average molecular weight is 1610 g/mol. The van der Waals surface area contributed by atoms with Gasteiger partial charge in [-0.25, -0.2) is 14.4 Å². The Morgan fingerprint density at radius 1 is 0.486 bits per heavy atom. The lowest BCUT2D eigenvalue weighted by Crippen LogP contribution is -2.35. The monoisotopic (exact) mass is 1600 g/mol. The van der Waals surface area contributed by atoms with Gasteiger partial charge in [-0.3, -0.25) is 38.4 Å². The van der Waals surface area contributed by atoms with Crippen molar-refractivity contribution in [1.29, 1.82) is 0 Å². The second kappa shape index (κ2) is 66.1. The molecule has 1 aliphatic heterocycles. The van der Waals surface area contributed by atoms with Crippen molar-refractivity contribution in [3.8, 4) is 0 Å². The van der Waals surface area contributed by atoms with Gasteiger partial charge in [0.15, 0.2) is 0 Å². The first-order valence-electron chi connectivity index (χ1n) is 34.9. The van der Waals surface area contributed by atoms with Crippen LogP contribution in [-0.2, 0) is 108 Å². The van der Waals surface area contributed by atoms with Crippen LogP contribution < -0.4 is 11.1 Å². The highest BCUT2D eigenvalue weighted by molar-refractivity contribution is 6.61. The van der Waals surface area contributed by atoms with Crippen LogP contribution in [0, 0.1) is 47.3 Å². The number of hydrogen-bond donors (Lipinski definition) is 8. The third kappa shape index (κ3) is 82.6. The largest absolute Gasteiger partial charge is 0.516 e. The number of nitrogens with two attached hydrogens (primary N) is 1. The molecule has 0 aromatic heterocycles. The van der Waals surface area contributed by atoms with Crippen molar-refractivity contribution in [3.05, 3.63) is 71.8 Å². The van der Waals surface area contributed by atoms with Crippen molar-refractivity contribution in [2.24, 2.45) is 53.1 Å². The average Bonchev–Trinajstić information content (AvgIpc) is 0.928. The maximum atomic E-state index is 12.0. The lowest BCUT2D eigenvalue weighted by Gasteiger charge is -2.21. The summed E-state index contributed by atoms with van der Waals surface area (Å²) < 4.78 is 47.8. The number of nitrogens with zero attached hydrogens (tertiary/aromatic N) is 1. The molecule has 0 radical (unpaired) electrons. The van der Waals surface area contributed by atoms with Gasteiger partial charge < -0.3 is 94.0 Å². The molecule has 630 valence electrons. The lowest BCUT2D eigenvalue weighted by atomic mass is 10.1. The van der Waals surface area contributed by atoms with Gasteiger partial charge in [-0.05, 0) is 125 Å². The maximum Gasteiger partial charge on any atom is 0.516 e. The third-order valence-electron chi connectivity index (χ3n) is 11.6. The second-order valence-corrected chi connectivity index (χ2v) is 29.5. The molecular formula is C75H127Cl2N3O29. The molecule has 3 rings (SSSR count). The molecule has 109 heavy (non-hydrogen) atoms. The van der Waals surface area contributed by atoms with Crippen molar-refractivity contribution < 1.29 is 140 Å². The number of halogens is 2. The second-order valence-electron chi connectivity index (χ2n) is 29.2. The van der Waals surface area contributed by atoms with Gasteiger partial charge in [-0.15, -0.1) is 12.4 Å². The zero-order valence-electron chi connectivity index (χ0n) is 67.5. The minimum absolute atomic E-state index is 0. The van der Waals surface area contributed by atoms with Gasteiger partial charge >= 0.3 is 65.7 Å². The van der Waals surface area contributed by atoms with Crippen molar-refractivity contribution in [2.75, 3.05) is 86.2 Å². The number of ether oxygens (including phenoxy) is 10. The van der Waals surface area contributed by atoms with Gasteiger partial charge in [-0.2, -0.15) is 9.59 Å². The molecule has 2 aromatic rings. The number of aliphatic hydroxyl groups excluding tert-OH is 5. The number of carboxylic acids is 1. The minimum Gasteiger partial charge on any atom is -0.481 e. The predicted molar refractivity (Wildman–Crippen MR) is 403 cm³/mol. The number of benzene rings is 2. The molecule has 1 fully saturated rings. The van der Waals surface area contributed by atoms with E-state index in [1.165, 1.54) is 5.56 Å². The molecule has 1 aliphatic rings. The maximum absolute atomic E-state index is 12.0. The molecule has 9 N–H and O–H groups in total. The van der Waals surface area contributed by atoms with Gasteiger partial charge in [0.2, 0.25) is 5.91 Å². The summed E-state index contributed by atoms with van der Waals surface area (Å²) in [5.74, 6) is -9.19. The van der Waals surface area contributed by atoms with E-state index in [-0.39, 0.29) is 81.8 Å². The number of carbonyl (C=O) groups excluding carboxylic acids is 12. The van der Waals surface area contributed by atoms with Gasteiger partial charge in [0, 0.05) is 44.4 Å². The predicted octanol–water partition coefficient (Wildman–Crippen LogP) is 8.96. The van der Waals surface area contributed by atoms with Crippen molar-refractivity contribution in [2.45, 2.75) is 200 Å². The number of nitrogens with one attached hydrogen (secondary N) is 1. The molecule has 0 spiro atoms. The number of hydrogen-bond acceptors (Lipinski definition) is 30. The Morgan fingerprint density at radius 3 is 0.991 bits per heavy atom. The fraction of sp³-hybridized carbons (Fsp3) is 0.680. The van der Waals surface area contributed by atoms with Crippen molar-refractivity contribution in [3.63, 3.8) is 0 Å². The number of esters is 6. The Hall–Kier alpha value is -7.75. The molecule has 32 nitrogen and oxygen atoms in total. The summed E-state index contributed by atoms with van der Waals surface area (Å²) in [6.07, 6.45) is -3.21. The normalized spacial score (nSPS) is 12.6. The highest BCUT2D eigenvalue weighted by atomic mass is 35.5. The highest BCUT2D eigenvalue weighted by Crippen LogP contribution is 2.17. The molecule has 1 saturated heterocycles. The van der Waals surface area contributed by atoms with Crippen molar-refractivity contribution in [1.82, 2.24) is 10.2 Å². The number of rotatable bonds is 26. The topological polar surface area (TPSA) is 477 Å². The summed E-state index contributed by atoms with van der Waals surface area (Å²) in [5, 5.41) is 55.6. The summed E-state index contributed by atoms with van der Waals surface area (Å²) in [6, 6.07) is 19.4. The Labute approximate surface area is 654 Å². The molecule has 0 aliphatic carbocycles. The summed E-state index contributed by atoms with van der Waals surface area (Å²) >= 11 is 4.86. The van der Waals surface area contributed by atoms with Crippen LogP contribution in [0.4, 0.5) is 14.4 Å². The van der Waals surface area contributed by atoms with E-state index in [0.29, 0.717) is 38.1 Å². The number of morpholine rings is 1. The molecule has 2 aromatic carbocycles. The quantitative estimate of drug-likeness (QED) is 0.0188. The van der Waals surface area contributed by atoms with E-state index in [2.05, 4.69) is 40.9 Å². The van der Waals surface area contributed by atoms with E-state index in [4.69, 9.17) is 76.1 Å². The fourth-order valence-corrected chi connectivity index (χ4v) is 6.60. The van der Waals surface area contributed by atoms with Crippen LogP contribution in [0.2, 0.25) is 0 Å². The molecule has 0 unspecified atom stereocenters. The first-order chi connectivity index (χ1) is 49.8. The minimum atomic E-state index is -1.20. The van der Waals surface area contributed by atoms with E-state index in [1.807, 2.05) is 116 Å². The molecular weight excluding hydrogens is 1480 g/mol. The van der Waals surface area contributed by atoms with Crippen LogP contribution in [0.15, 0.2) is 60.7 Å². The standard InChI is InChI=1S/C16H23NO4.2C14H24O7.C9H16O5.C7H9N.C5H9ClO2.C5H11NO.C4H10O.CO2.ClH/c1-16(2,3)21-14(19)9-13(11-18)15(20)17-10-12-7-5-4-6-8-12;2*1-9(2)8-19-13(18)20-12(17)10(7-15)6-11(16)21-14(3,4)5;1-9(2,3)14-7(11)4-6(5-10)8(12)13;8-6-7-4-2-1-3-5-7;1-4(2)3-8-5(6)7;1-6-2-4-7-5-3-6;1-4(2)3-5;2-1-3;/h4-8,13,18H,9-11H2,1-3H3,(H,17,20);2*9-10,15H,6-8H2,1-5H3;6,10H,4-5H2,1-3H3,(H,12,13);1-5H,6,8H2;4H,3H2,1-2H3;2-5H2,1H3;4-5H,3H2,1-2H3;;1H/t13-;2*10-;6-;;;;;;/m1111....../s1. The van der Waals surface area contributed by atoms with Crippen LogP contribution in [0.3, 0.4) is 0 Å². The van der Waals surface area contributed by atoms with Crippen LogP contribution >= 0.6 is 24.0 Å². The van der Waals surface area contributed by atoms with E-state index in [0.717, 1.165) is 31.9 Å². The number of carboxylic acid groups (broad SMARTS) is 1. The zero-order valence-corrected chi connectivity index (χ0v) is 69.1. The third-order valence-corrected chi connectivity index (χ3v) is 11.7. The summed E-state index contributed by atoms with van der Waals surface area (Å²) in [6.45, 7) is 39.3. The highest BCUT2D eigenvalue weighted by Gasteiger charge is 2.31. The molecule has 0 bridgehead atoms. The Morgan fingerprint density at radius 2 is 0.771 bits per heavy atom. The number of aliphatic carboxylic acids is 1. The first-order valence-corrected chi connectivity index (χ1v) is 35.2. The van der Waals surface area contributed by atoms with Crippen molar-refractivity contribution >= 4 is 95.6 Å². The lowest BCUT2D eigenvalue weighted by molar-refractivity contribution is -0.192. The van der Waals surface area contributed by atoms with E-state index in [1.54, 1.807) is 83.1 Å². The fourth-order valence-electron chi connectivity index (χ4n) is 6.54. The van der Waals surface area contributed by atoms with E-state index in [9.17, 15) is 57.8 Å². The van der Waals surface area contributed by atoms with Crippen LogP contribution in [-0.4, -0.2) is 216 Å². The molecule has 0 saturated carbocycles.